The summed E-state index contributed by atoms with van der Waals surface area (Å²) < 4.78 is 16.1. The third-order valence-corrected chi connectivity index (χ3v) is 5.08. The Kier molecular flexibility index (Phi) is 4.79. The number of aromatic carboxylic acids is 1. The highest BCUT2D eigenvalue weighted by Gasteiger charge is 2.32. The molecule has 0 aliphatic carbocycles. The molecule has 9 nitrogen and oxygen atoms in total. The number of nitrogens with one attached hydrogen (secondary N) is 1. The molecule has 0 spiro atoms. The Labute approximate surface area is 162 Å². The summed E-state index contributed by atoms with van der Waals surface area (Å²) in [5.41, 5.74) is 1.66. The van der Waals surface area contributed by atoms with E-state index >= 15 is 0 Å². The van der Waals surface area contributed by atoms with E-state index in [9.17, 15) is 19.1 Å². The Bertz CT molecular complexity index is 1100. The second-order valence-corrected chi connectivity index (χ2v) is 7.04. The Morgan fingerprint density at radius 1 is 1.50 bits per heavy atom. The molecule has 146 valence electrons. The Hall–Kier alpha value is -2.89. The Morgan fingerprint density at radius 3 is 2.93 bits per heavy atom. The summed E-state index contributed by atoms with van der Waals surface area (Å²) in [4.78, 5) is 39.5. The van der Waals surface area contributed by atoms with Gasteiger partial charge in [-0.1, -0.05) is 6.92 Å². The van der Waals surface area contributed by atoms with Gasteiger partial charge in [-0.2, -0.15) is 0 Å². The number of carbonyl (C=O) groups is 1. The zero-order valence-electron chi connectivity index (χ0n) is 14.8. The fourth-order valence-electron chi connectivity index (χ4n) is 2.96. The molecule has 0 atom stereocenters. The van der Waals surface area contributed by atoms with E-state index in [-0.39, 0.29) is 23.0 Å². The first-order valence-electron chi connectivity index (χ1n) is 8.52. The predicted molar refractivity (Wildman–Crippen MR) is 101 cm³/mol. The molecular formula is C17H16FN5O4S. The van der Waals surface area contributed by atoms with Crippen molar-refractivity contribution >= 4 is 34.2 Å². The molecule has 4 rings (SSSR count). The number of fused-ring (bicyclic) bond motifs is 1. The Balaban J connectivity index is 1.82. The first-order valence-corrected chi connectivity index (χ1v) is 9.40. The number of hydrogen-bond donors (Lipinski definition) is 2. The van der Waals surface area contributed by atoms with Gasteiger partial charge >= 0.3 is 5.97 Å². The van der Waals surface area contributed by atoms with Crippen molar-refractivity contribution in [1.29, 1.82) is 0 Å². The molecule has 3 aromatic heterocycles. The molecule has 11 heteroatoms. The molecule has 4 heterocycles. The molecule has 3 aromatic rings. The zero-order valence-corrected chi connectivity index (χ0v) is 15.6. The minimum atomic E-state index is -1.40. The van der Waals surface area contributed by atoms with Gasteiger partial charge < -0.3 is 10.0 Å². The standard InChI is InChI=1S/C17H16FN5O4S/c1-2-20-27-9-6-22(7-9)15-12(18)5-10-13(24)11(16(25)26)8-23(14(10)21-15)17-19-3-4-28-17/h3-5,8-9,20H,2,6-7H2,1H3,(H,25,26). The third kappa shape index (κ3) is 3.13. The van der Waals surface area contributed by atoms with E-state index in [1.807, 2.05) is 6.92 Å². The largest absolute Gasteiger partial charge is 0.477 e. The van der Waals surface area contributed by atoms with Crippen LogP contribution in [0.5, 0.6) is 0 Å². The second-order valence-electron chi connectivity index (χ2n) is 6.17. The minimum Gasteiger partial charge on any atom is -0.477 e. The lowest BCUT2D eigenvalue weighted by atomic mass is 10.1. The van der Waals surface area contributed by atoms with E-state index in [2.05, 4.69) is 15.4 Å². The van der Waals surface area contributed by atoms with Gasteiger partial charge in [-0.3, -0.25) is 14.2 Å². The van der Waals surface area contributed by atoms with E-state index in [0.29, 0.717) is 24.8 Å². The number of halogens is 1. The molecule has 0 radical (unpaired) electrons. The van der Waals surface area contributed by atoms with Gasteiger partial charge in [-0.05, 0) is 6.07 Å². The van der Waals surface area contributed by atoms with Crippen molar-refractivity contribution in [2.75, 3.05) is 24.5 Å². The van der Waals surface area contributed by atoms with Crippen molar-refractivity contribution < 1.29 is 19.1 Å². The van der Waals surface area contributed by atoms with Gasteiger partial charge in [0, 0.05) is 37.4 Å². The number of aromatic nitrogens is 3. The van der Waals surface area contributed by atoms with Crippen LogP contribution < -0.4 is 15.8 Å². The molecule has 1 saturated heterocycles. The number of hydroxylamine groups is 1. The summed E-state index contributed by atoms with van der Waals surface area (Å²) in [6, 6.07) is 1.04. The van der Waals surface area contributed by atoms with E-state index in [1.165, 1.54) is 22.1 Å². The van der Waals surface area contributed by atoms with E-state index < -0.39 is 22.8 Å². The van der Waals surface area contributed by atoms with Crippen LogP contribution in [0.2, 0.25) is 0 Å². The van der Waals surface area contributed by atoms with Crippen molar-refractivity contribution in [2.24, 2.45) is 0 Å². The van der Waals surface area contributed by atoms with Gasteiger partial charge in [-0.15, -0.1) is 11.3 Å². The summed E-state index contributed by atoms with van der Waals surface area (Å²) in [5, 5.41) is 11.4. The predicted octanol–water partition coefficient (Wildman–Crippen LogP) is 1.41. The summed E-state index contributed by atoms with van der Waals surface area (Å²) in [5.74, 6) is -2.01. The van der Waals surface area contributed by atoms with Gasteiger partial charge in [0.05, 0.1) is 5.39 Å². The highest BCUT2D eigenvalue weighted by Crippen LogP contribution is 2.27. The molecule has 2 N–H and O–H groups in total. The lowest BCUT2D eigenvalue weighted by Gasteiger charge is -2.39. The quantitative estimate of drug-likeness (QED) is 0.593. The van der Waals surface area contributed by atoms with Gasteiger partial charge in [0.1, 0.15) is 11.7 Å². The van der Waals surface area contributed by atoms with Crippen LogP contribution in [0.1, 0.15) is 17.3 Å². The molecule has 1 aliphatic rings. The summed E-state index contributed by atoms with van der Waals surface area (Å²) in [6.45, 7) is 3.45. The lowest BCUT2D eigenvalue weighted by Crippen LogP contribution is -2.54. The Morgan fingerprint density at radius 2 is 2.29 bits per heavy atom. The topological polar surface area (TPSA) is 110 Å². The van der Waals surface area contributed by atoms with Crippen molar-refractivity contribution in [3.63, 3.8) is 0 Å². The van der Waals surface area contributed by atoms with Crippen LogP contribution in [0.15, 0.2) is 28.6 Å². The number of pyridine rings is 2. The first-order chi connectivity index (χ1) is 13.5. The van der Waals surface area contributed by atoms with Crippen LogP contribution in [0.4, 0.5) is 10.2 Å². The van der Waals surface area contributed by atoms with Gasteiger partial charge in [0.15, 0.2) is 22.4 Å². The molecule has 0 aromatic carbocycles. The first kappa shape index (κ1) is 18.5. The molecule has 0 bridgehead atoms. The third-order valence-electron chi connectivity index (χ3n) is 4.31. The normalized spacial score (nSPS) is 14.4. The number of carboxylic acid groups (broad SMARTS) is 1. The van der Waals surface area contributed by atoms with E-state index in [0.717, 1.165) is 6.07 Å². The maximum Gasteiger partial charge on any atom is 0.341 e. The average Bonchev–Trinajstić information content (AvgIpc) is 3.16. The van der Waals surface area contributed by atoms with E-state index in [4.69, 9.17) is 4.84 Å². The highest BCUT2D eigenvalue weighted by atomic mass is 32.1. The lowest BCUT2D eigenvalue weighted by molar-refractivity contribution is -0.0359. The van der Waals surface area contributed by atoms with Gasteiger partial charge in [0.2, 0.25) is 5.43 Å². The zero-order chi connectivity index (χ0) is 19.8. The van der Waals surface area contributed by atoms with Crippen LogP contribution in [0.25, 0.3) is 16.2 Å². The van der Waals surface area contributed by atoms with Gasteiger partial charge in [0.25, 0.3) is 0 Å². The maximum absolute atomic E-state index is 14.7. The smallest absolute Gasteiger partial charge is 0.341 e. The van der Waals surface area contributed by atoms with Crippen LogP contribution in [0.3, 0.4) is 0 Å². The van der Waals surface area contributed by atoms with Crippen molar-refractivity contribution in [1.82, 2.24) is 20.0 Å². The van der Waals surface area contributed by atoms with Crippen molar-refractivity contribution in [3.05, 3.63) is 45.4 Å². The molecule has 0 saturated carbocycles. The number of rotatable bonds is 6. The fraction of sp³-hybridized carbons (Fsp3) is 0.294. The summed E-state index contributed by atoms with van der Waals surface area (Å²) >= 11 is 1.25. The minimum absolute atomic E-state index is 0.0802. The number of thiazole rings is 1. The van der Waals surface area contributed by atoms with Crippen molar-refractivity contribution in [3.8, 4) is 5.13 Å². The molecule has 28 heavy (non-hydrogen) atoms. The van der Waals surface area contributed by atoms with Crippen LogP contribution in [0, 0.1) is 5.82 Å². The molecular weight excluding hydrogens is 389 g/mol. The van der Waals surface area contributed by atoms with E-state index in [1.54, 1.807) is 16.5 Å². The number of anilines is 1. The fourth-order valence-corrected chi connectivity index (χ4v) is 3.57. The summed E-state index contributed by atoms with van der Waals surface area (Å²) in [7, 11) is 0. The molecule has 0 amide bonds. The number of nitrogens with zero attached hydrogens (tertiary/aromatic N) is 4. The SMILES string of the molecule is CCNOC1CN(c2nc3c(cc2F)c(=O)c(C(=O)O)cn3-c2nccs2)C1. The van der Waals surface area contributed by atoms with Crippen molar-refractivity contribution in [2.45, 2.75) is 13.0 Å². The molecule has 1 fully saturated rings. The van der Waals surface area contributed by atoms with Gasteiger partial charge in [-0.25, -0.2) is 24.6 Å². The maximum atomic E-state index is 14.7. The summed E-state index contributed by atoms with van der Waals surface area (Å²) in [6.07, 6.45) is 2.63. The van der Waals surface area contributed by atoms with Crippen LogP contribution in [-0.4, -0.2) is 51.3 Å². The molecule has 1 aliphatic heterocycles. The second kappa shape index (κ2) is 7.26. The van der Waals surface area contributed by atoms with Crippen LogP contribution in [-0.2, 0) is 4.84 Å². The molecule has 0 unspecified atom stereocenters. The number of carboxylic acids is 1. The highest BCUT2D eigenvalue weighted by molar-refractivity contribution is 7.12. The monoisotopic (exact) mass is 405 g/mol. The average molecular weight is 405 g/mol. The van der Waals surface area contributed by atoms with Crippen LogP contribution >= 0.6 is 11.3 Å². The number of hydrogen-bond acceptors (Lipinski definition) is 8.